The largest absolute Gasteiger partial charge is 0.489 e. The van der Waals surface area contributed by atoms with Gasteiger partial charge in [0, 0.05) is 13.1 Å². The predicted molar refractivity (Wildman–Crippen MR) is 127 cm³/mol. The first-order valence-electron chi connectivity index (χ1n) is 11.2. The zero-order valence-corrected chi connectivity index (χ0v) is 18.4. The third-order valence-electron chi connectivity index (χ3n) is 5.73. The van der Waals surface area contributed by atoms with Crippen molar-refractivity contribution in [1.82, 2.24) is 5.32 Å². The van der Waals surface area contributed by atoms with Gasteiger partial charge in [-0.15, -0.1) is 0 Å². The lowest BCUT2D eigenvalue weighted by Crippen LogP contribution is -2.38. The molecule has 0 radical (unpaired) electrons. The number of carboxylic acid groups (broad SMARTS) is 1. The lowest BCUT2D eigenvalue weighted by Gasteiger charge is -2.27. The number of fused-ring (bicyclic) bond motifs is 1. The Hall–Kier alpha value is -3.19. The van der Waals surface area contributed by atoms with Crippen LogP contribution in [-0.4, -0.2) is 48.1 Å². The fourth-order valence-corrected chi connectivity index (χ4v) is 3.93. The lowest BCUT2D eigenvalue weighted by atomic mass is 9.96. The second kappa shape index (κ2) is 11.1. The maximum Gasteiger partial charge on any atom is 0.335 e. The number of carboxylic acids is 1. The summed E-state index contributed by atoms with van der Waals surface area (Å²) in [5.41, 5.74) is 4.55. The predicted octanol–water partition coefficient (Wildman–Crippen LogP) is 3.91. The third kappa shape index (κ3) is 6.42. The molecule has 3 aromatic rings. The van der Waals surface area contributed by atoms with E-state index in [1.165, 1.54) is 0 Å². The van der Waals surface area contributed by atoms with Crippen LogP contribution < -0.4 is 10.1 Å². The monoisotopic (exact) mass is 447 g/mol. The molecule has 0 aliphatic carbocycles. The van der Waals surface area contributed by atoms with Crippen LogP contribution in [0.25, 0.3) is 11.1 Å². The Morgan fingerprint density at radius 1 is 1.06 bits per heavy atom. The van der Waals surface area contributed by atoms with Gasteiger partial charge in [-0.3, -0.25) is 0 Å². The van der Waals surface area contributed by atoms with Crippen molar-refractivity contribution in [2.24, 2.45) is 0 Å². The van der Waals surface area contributed by atoms with Crippen molar-refractivity contribution < 1.29 is 24.5 Å². The molecule has 0 saturated heterocycles. The van der Waals surface area contributed by atoms with Gasteiger partial charge in [0.2, 0.25) is 0 Å². The fraction of sp³-hybridized carbons (Fsp3) is 0.296. The van der Waals surface area contributed by atoms with Crippen molar-refractivity contribution in [2.45, 2.75) is 31.7 Å². The standard InChI is InChI=1S/C27H29NO5/c29-24(18-32-17-19-4-2-1-3-5-19)15-28-16-25-12-10-23-14-22(11-13-26(23)33-25)20-6-8-21(9-7-20)27(30)31/h1-9,11,13-14,24-25,28-29H,10,12,15-18H2,(H,30,31). The van der Waals surface area contributed by atoms with Crippen molar-refractivity contribution in [1.29, 1.82) is 0 Å². The summed E-state index contributed by atoms with van der Waals surface area (Å²) in [6, 6.07) is 22.9. The summed E-state index contributed by atoms with van der Waals surface area (Å²) in [5, 5.41) is 22.5. The van der Waals surface area contributed by atoms with Crippen molar-refractivity contribution >= 4 is 5.97 Å². The smallest absolute Gasteiger partial charge is 0.335 e. The Kier molecular flexibility index (Phi) is 7.73. The van der Waals surface area contributed by atoms with Gasteiger partial charge < -0.3 is 25.0 Å². The van der Waals surface area contributed by atoms with Gasteiger partial charge in [-0.25, -0.2) is 4.79 Å². The molecule has 0 bridgehead atoms. The van der Waals surface area contributed by atoms with E-state index >= 15 is 0 Å². The van der Waals surface area contributed by atoms with E-state index in [-0.39, 0.29) is 18.3 Å². The van der Waals surface area contributed by atoms with Gasteiger partial charge in [0.15, 0.2) is 0 Å². The Morgan fingerprint density at radius 2 is 1.82 bits per heavy atom. The summed E-state index contributed by atoms with van der Waals surface area (Å²) >= 11 is 0. The van der Waals surface area contributed by atoms with Crippen LogP contribution >= 0.6 is 0 Å². The first-order valence-corrected chi connectivity index (χ1v) is 11.2. The number of hydrogen-bond acceptors (Lipinski definition) is 5. The van der Waals surface area contributed by atoms with Gasteiger partial charge >= 0.3 is 5.97 Å². The summed E-state index contributed by atoms with van der Waals surface area (Å²) in [6.07, 6.45) is 1.28. The summed E-state index contributed by atoms with van der Waals surface area (Å²) in [4.78, 5) is 11.0. The van der Waals surface area contributed by atoms with E-state index in [0.717, 1.165) is 40.8 Å². The molecule has 172 valence electrons. The number of carbonyl (C=O) groups is 1. The van der Waals surface area contributed by atoms with E-state index in [1.54, 1.807) is 12.1 Å². The second-order valence-electron chi connectivity index (χ2n) is 8.30. The summed E-state index contributed by atoms with van der Waals surface area (Å²) < 4.78 is 11.7. The number of aliphatic hydroxyl groups excluding tert-OH is 1. The Labute approximate surface area is 193 Å². The quantitative estimate of drug-likeness (QED) is 0.437. The highest BCUT2D eigenvalue weighted by Gasteiger charge is 2.20. The zero-order valence-electron chi connectivity index (χ0n) is 18.4. The van der Waals surface area contributed by atoms with Gasteiger partial charge in [0.1, 0.15) is 11.9 Å². The van der Waals surface area contributed by atoms with Crippen LogP contribution in [0, 0.1) is 0 Å². The molecular weight excluding hydrogens is 418 g/mol. The van der Waals surface area contributed by atoms with Crippen LogP contribution in [0.5, 0.6) is 5.75 Å². The summed E-state index contributed by atoms with van der Waals surface area (Å²) in [5.74, 6) is -0.0435. The highest BCUT2D eigenvalue weighted by molar-refractivity contribution is 5.88. The fourth-order valence-electron chi connectivity index (χ4n) is 3.93. The molecule has 1 aliphatic heterocycles. The average molecular weight is 448 g/mol. The average Bonchev–Trinajstić information content (AvgIpc) is 2.84. The number of nitrogens with one attached hydrogen (secondary N) is 1. The van der Waals surface area contributed by atoms with Gasteiger partial charge in [-0.2, -0.15) is 0 Å². The van der Waals surface area contributed by atoms with Crippen LogP contribution in [0.4, 0.5) is 0 Å². The highest BCUT2D eigenvalue weighted by atomic mass is 16.5. The number of ether oxygens (including phenoxy) is 2. The molecule has 0 spiro atoms. The van der Waals surface area contributed by atoms with Crippen molar-refractivity contribution in [3.05, 3.63) is 89.5 Å². The van der Waals surface area contributed by atoms with Crippen molar-refractivity contribution in [3.8, 4) is 16.9 Å². The summed E-state index contributed by atoms with van der Waals surface area (Å²) in [7, 11) is 0. The van der Waals surface area contributed by atoms with Gasteiger partial charge in [-0.05, 0) is 59.4 Å². The zero-order chi connectivity index (χ0) is 23.0. The molecule has 4 rings (SSSR count). The normalized spacial score (nSPS) is 16.0. The van der Waals surface area contributed by atoms with E-state index in [2.05, 4.69) is 11.4 Å². The van der Waals surface area contributed by atoms with Crippen LogP contribution in [0.1, 0.15) is 27.9 Å². The molecule has 1 heterocycles. The molecule has 0 fully saturated rings. The Balaban J connectivity index is 1.21. The van der Waals surface area contributed by atoms with E-state index < -0.39 is 12.1 Å². The molecule has 6 nitrogen and oxygen atoms in total. The molecule has 0 amide bonds. The van der Waals surface area contributed by atoms with Crippen LogP contribution in [0.15, 0.2) is 72.8 Å². The Morgan fingerprint density at radius 3 is 2.58 bits per heavy atom. The molecule has 6 heteroatoms. The van der Waals surface area contributed by atoms with Gasteiger partial charge in [0.25, 0.3) is 0 Å². The first kappa shape index (κ1) is 23.0. The SMILES string of the molecule is O=C(O)c1ccc(-c2ccc3c(c2)CCC(CNCC(O)COCc2ccccc2)O3)cc1. The number of aryl methyl sites for hydroxylation is 1. The van der Waals surface area contributed by atoms with Crippen LogP contribution in [0.2, 0.25) is 0 Å². The number of aliphatic hydroxyl groups is 1. The molecule has 2 unspecified atom stereocenters. The van der Waals surface area contributed by atoms with E-state index in [1.807, 2.05) is 54.6 Å². The third-order valence-corrected chi connectivity index (χ3v) is 5.73. The highest BCUT2D eigenvalue weighted by Crippen LogP contribution is 2.32. The molecular formula is C27H29NO5. The molecule has 33 heavy (non-hydrogen) atoms. The maximum atomic E-state index is 11.0. The molecule has 1 aliphatic rings. The minimum Gasteiger partial charge on any atom is -0.489 e. The Bertz CT molecular complexity index is 1050. The van der Waals surface area contributed by atoms with Crippen LogP contribution in [0.3, 0.4) is 0 Å². The number of benzene rings is 3. The lowest BCUT2D eigenvalue weighted by molar-refractivity contribution is 0.0274. The molecule has 3 N–H and O–H groups in total. The van der Waals surface area contributed by atoms with E-state index in [9.17, 15) is 9.90 Å². The van der Waals surface area contributed by atoms with Crippen LogP contribution in [-0.2, 0) is 17.8 Å². The first-order chi connectivity index (χ1) is 16.1. The molecule has 0 saturated carbocycles. The minimum absolute atomic E-state index is 0.0515. The summed E-state index contributed by atoms with van der Waals surface area (Å²) in [6.45, 7) is 1.89. The van der Waals surface area contributed by atoms with E-state index in [4.69, 9.17) is 14.6 Å². The maximum absolute atomic E-state index is 11.0. The second-order valence-corrected chi connectivity index (χ2v) is 8.30. The number of hydrogen-bond donors (Lipinski definition) is 3. The van der Waals surface area contributed by atoms with E-state index in [0.29, 0.717) is 19.7 Å². The molecule has 3 aromatic carbocycles. The number of rotatable bonds is 10. The minimum atomic E-state index is -0.924. The topological polar surface area (TPSA) is 88.0 Å². The molecule has 2 atom stereocenters. The van der Waals surface area contributed by atoms with Gasteiger partial charge in [0.05, 0.1) is 24.9 Å². The number of aromatic carboxylic acids is 1. The van der Waals surface area contributed by atoms with Crippen molar-refractivity contribution in [2.75, 3.05) is 19.7 Å². The van der Waals surface area contributed by atoms with Crippen molar-refractivity contribution in [3.63, 3.8) is 0 Å². The molecule has 0 aromatic heterocycles. The van der Waals surface area contributed by atoms with Gasteiger partial charge in [-0.1, -0.05) is 48.5 Å².